The van der Waals surface area contributed by atoms with Crippen LogP contribution in [0.4, 0.5) is 10.5 Å². The molecule has 2 aliphatic heterocycles. The lowest BCUT2D eigenvalue weighted by atomic mass is 9.94. The van der Waals surface area contributed by atoms with Gasteiger partial charge >= 0.3 is 6.03 Å². The number of hydrogen-bond acceptors (Lipinski definition) is 2. The van der Waals surface area contributed by atoms with E-state index in [4.69, 9.17) is 6.42 Å². The second-order valence-corrected chi connectivity index (χ2v) is 8.34. The number of urea groups is 1. The molecule has 5 nitrogen and oxygen atoms in total. The van der Waals surface area contributed by atoms with Gasteiger partial charge in [-0.1, -0.05) is 42.3 Å². The number of piperidine rings is 1. The molecule has 31 heavy (non-hydrogen) atoms. The minimum Gasteiger partial charge on any atom is -0.325 e. The molecule has 0 atom stereocenters. The molecule has 0 radical (unpaired) electrons. The molecule has 0 unspecified atom stereocenters. The van der Waals surface area contributed by atoms with E-state index in [-0.39, 0.29) is 17.9 Å². The number of amides is 3. The third-order valence-corrected chi connectivity index (χ3v) is 6.27. The van der Waals surface area contributed by atoms with Crippen molar-refractivity contribution >= 4 is 17.6 Å². The Kier molecular flexibility index (Phi) is 6.57. The molecule has 2 aliphatic rings. The maximum Gasteiger partial charge on any atom is 0.319 e. The van der Waals surface area contributed by atoms with Gasteiger partial charge in [-0.2, -0.15) is 0 Å². The average Bonchev–Trinajstić information content (AvgIpc) is 3.37. The second kappa shape index (κ2) is 9.70. The third kappa shape index (κ3) is 4.91. The number of likely N-dealkylation sites (tertiary alicyclic amines) is 2. The van der Waals surface area contributed by atoms with Gasteiger partial charge in [-0.15, -0.1) is 6.42 Å². The number of benzene rings is 2. The minimum absolute atomic E-state index is 0.0965. The van der Waals surface area contributed by atoms with E-state index in [1.165, 1.54) is 0 Å². The SMILES string of the molecule is C#Cc1cccc(N(Cc2ccccc2)C(=O)C2CCN(C(=O)N3CCCC3)CC2)c1. The summed E-state index contributed by atoms with van der Waals surface area (Å²) >= 11 is 0. The van der Waals surface area contributed by atoms with Gasteiger partial charge in [0.05, 0.1) is 6.54 Å². The lowest BCUT2D eigenvalue weighted by Crippen LogP contribution is -2.48. The first-order chi connectivity index (χ1) is 15.2. The average molecular weight is 416 g/mol. The Morgan fingerprint density at radius 2 is 1.61 bits per heavy atom. The van der Waals surface area contributed by atoms with Crippen LogP contribution in [0.1, 0.15) is 36.8 Å². The van der Waals surface area contributed by atoms with Crippen molar-refractivity contribution in [2.45, 2.75) is 32.2 Å². The lowest BCUT2D eigenvalue weighted by Gasteiger charge is -2.36. The van der Waals surface area contributed by atoms with Crippen molar-refractivity contribution in [1.82, 2.24) is 9.80 Å². The van der Waals surface area contributed by atoms with Gasteiger partial charge in [0.1, 0.15) is 0 Å². The molecule has 160 valence electrons. The number of carbonyl (C=O) groups is 2. The van der Waals surface area contributed by atoms with Crippen molar-refractivity contribution in [2.75, 3.05) is 31.1 Å². The van der Waals surface area contributed by atoms with Crippen LogP contribution in [0.2, 0.25) is 0 Å². The lowest BCUT2D eigenvalue weighted by molar-refractivity contribution is -0.123. The molecule has 2 heterocycles. The van der Waals surface area contributed by atoms with Crippen molar-refractivity contribution in [3.8, 4) is 12.3 Å². The summed E-state index contributed by atoms with van der Waals surface area (Å²) in [6.45, 7) is 3.48. The Hall–Kier alpha value is -3.26. The first-order valence-corrected chi connectivity index (χ1v) is 11.1. The number of carbonyl (C=O) groups excluding carboxylic acids is 2. The van der Waals surface area contributed by atoms with Crippen molar-refractivity contribution in [1.29, 1.82) is 0 Å². The van der Waals surface area contributed by atoms with Gasteiger partial charge in [0, 0.05) is 43.3 Å². The van der Waals surface area contributed by atoms with Crippen LogP contribution in [0.5, 0.6) is 0 Å². The van der Waals surface area contributed by atoms with Crippen LogP contribution in [0.15, 0.2) is 54.6 Å². The van der Waals surface area contributed by atoms with Crippen LogP contribution in [0, 0.1) is 18.3 Å². The second-order valence-electron chi connectivity index (χ2n) is 8.34. The van der Waals surface area contributed by atoms with Gasteiger partial charge in [0.15, 0.2) is 0 Å². The fraction of sp³-hybridized carbons (Fsp3) is 0.385. The van der Waals surface area contributed by atoms with Crippen LogP contribution < -0.4 is 4.90 Å². The summed E-state index contributed by atoms with van der Waals surface area (Å²) in [6.07, 6.45) is 9.16. The highest BCUT2D eigenvalue weighted by molar-refractivity contribution is 5.95. The number of anilines is 1. The molecule has 0 spiro atoms. The van der Waals surface area contributed by atoms with E-state index in [1.54, 1.807) is 0 Å². The summed E-state index contributed by atoms with van der Waals surface area (Å²) in [5.41, 5.74) is 2.65. The van der Waals surface area contributed by atoms with Crippen LogP contribution in [-0.2, 0) is 11.3 Å². The van der Waals surface area contributed by atoms with E-state index in [0.717, 1.165) is 42.7 Å². The predicted molar refractivity (Wildman–Crippen MR) is 123 cm³/mol. The summed E-state index contributed by atoms with van der Waals surface area (Å²) in [6, 6.07) is 17.7. The van der Waals surface area contributed by atoms with Gasteiger partial charge in [-0.25, -0.2) is 4.79 Å². The fourth-order valence-corrected chi connectivity index (χ4v) is 4.47. The molecular weight excluding hydrogens is 386 g/mol. The Balaban J connectivity index is 1.48. The molecule has 0 aliphatic carbocycles. The zero-order valence-corrected chi connectivity index (χ0v) is 17.9. The summed E-state index contributed by atoms with van der Waals surface area (Å²) in [7, 11) is 0. The predicted octanol–water partition coefficient (Wildman–Crippen LogP) is 4.13. The largest absolute Gasteiger partial charge is 0.325 e. The van der Waals surface area contributed by atoms with E-state index >= 15 is 0 Å². The van der Waals surface area contributed by atoms with Crippen LogP contribution >= 0.6 is 0 Å². The Morgan fingerprint density at radius 3 is 2.29 bits per heavy atom. The Bertz CT molecular complexity index is 952. The van der Waals surface area contributed by atoms with Gasteiger partial charge in [-0.05, 0) is 49.4 Å². The van der Waals surface area contributed by atoms with Gasteiger partial charge in [0.25, 0.3) is 0 Å². The van der Waals surface area contributed by atoms with E-state index in [2.05, 4.69) is 5.92 Å². The minimum atomic E-state index is -0.0965. The van der Waals surface area contributed by atoms with Crippen LogP contribution in [-0.4, -0.2) is 47.9 Å². The highest BCUT2D eigenvalue weighted by atomic mass is 16.2. The number of terminal acetylenes is 1. The molecule has 4 rings (SSSR count). The highest BCUT2D eigenvalue weighted by Gasteiger charge is 2.33. The number of nitrogens with zero attached hydrogens (tertiary/aromatic N) is 3. The molecule has 2 fully saturated rings. The number of hydrogen-bond donors (Lipinski definition) is 0. The van der Waals surface area contributed by atoms with Crippen molar-refractivity contribution < 1.29 is 9.59 Å². The number of rotatable bonds is 4. The molecule has 2 saturated heterocycles. The summed E-state index contributed by atoms with van der Waals surface area (Å²) in [5.74, 6) is 2.67. The van der Waals surface area contributed by atoms with Crippen LogP contribution in [0.25, 0.3) is 0 Å². The van der Waals surface area contributed by atoms with Gasteiger partial charge in [0.2, 0.25) is 5.91 Å². The fourth-order valence-electron chi connectivity index (χ4n) is 4.47. The first-order valence-electron chi connectivity index (χ1n) is 11.1. The van der Waals surface area contributed by atoms with Crippen molar-refractivity contribution in [2.24, 2.45) is 5.92 Å². The zero-order chi connectivity index (χ0) is 21.6. The van der Waals surface area contributed by atoms with E-state index < -0.39 is 0 Å². The first kappa shape index (κ1) is 21.0. The Morgan fingerprint density at radius 1 is 0.935 bits per heavy atom. The van der Waals surface area contributed by atoms with Crippen LogP contribution in [0.3, 0.4) is 0 Å². The molecule has 0 bridgehead atoms. The van der Waals surface area contributed by atoms with Crippen molar-refractivity contribution in [3.63, 3.8) is 0 Å². The summed E-state index contributed by atoms with van der Waals surface area (Å²) < 4.78 is 0. The van der Waals surface area contributed by atoms with Gasteiger partial charge < -0.3 is 14.7 Å². The molecule has 5 heteroatoms. The normalized spacial score (nSPS) is 16.7. The summed E-state index contributed by atoms with van der Waals surface area (Å²) in [4.78, 5) is 32.0. The zero-order valence-electron chi connectivity index (χ0n) is 17.9. The molecule has 2 aromatic rings. The monoisotopic (exact) mass is 415 g/mol. The Labute approximate surface area is 184 Å². The van der Waals surface area contributed by atoms with E-state index in [1.807, 2.05) is 69.3 Å². The standard InChI is InChI=1S/C26H29N3O2/c1-2-21-11-8-12-24(19-21)29(20-22-9-4-3-5-10-22)25(30)23-13-17-28(18-14-23)26(31)27-15-6-7-16-27/h1,3-5,8-12,19,23H,6-7,13-18,20H2. The van der Waals surface area contributed by atoms with Crippen molar-refractivity contribution in [3.05, 3.63) is 65.7 Å². The molecule has 3 amide bonds. The molecule has 0 saturated carbocycles. The molecule has 0 N–H and O–H groups in total. The topological polar surface area (TPSA) is 43.9 Å². The molecule has 2 aromatic carbocycles. The van der Waals surface area contributed by atoms with E-state index in [0.29, 0.717) is 32.5 Å². The maximum absolute atomic E-state index is 13.6. The van der Waals surface area contributed by atoms with Gasteiger partial charge in [-0.3, -0.25) is 4.79 Å². The molecule has 0 aromatic heterocycles. The smallest absolute Gasteiger partial charge is 0.319 e. The summed E-state index contributed by atoms with van der Waals surface area (Å²) in [5, 5.41) is 0. The third-order valence-electron chi connectivity index (χ3n) is 6.27. The highest BCUT2D eigenvalue weighted by Crippen LogP contribution is 2.27. The van der Waals surface area contributed by atoms with E-state index in [9.17, 15) is 9.59 Å². The quantitative estimate of drug-likeness (QED) is 0.705. The molecular formula is C26H29N3O2. The maximum atomic E-state index is 13.6.